The van der Waals surface area contributed by atoms with E-state index >= 15 is 0 Å². The van der Waals surface area contributed by atoms with Crippen molar-refractivity contribution in [1.82, 2.24) is 15.1 Å². The van der Waals surface area contributed by atoms with Crippen LogP contribution in [-0.2, 0) is 0 Å². The summed E-state index contributed by atoms with van der Waals surface area (Å²) >= 11 is 0. The van der Waals surface area contributed by atoms with Crippen molar-refractivity contribution in [2.45, 2.75) is 12.8 Å². The standard InChI is InChI=1S/C19H22FN5O/c20-15-5-1-2-6-17(15)23-11-13-25(14-12-23)19(26)16-7-8-18(22-21-16)24-9-3-4-10-24/h1-2,5-8H,3-4,9-14H2. The Morgan fingerprint density at radius 2 is 1.58 bits per heavy atom. The molecule has 6 nitrogen and oxygen atoms in total. The molecule has 136 valence electrons. The molecule has 1 aromatic heterocycles. The summed E-state index contributed by atoms with van der Waals surface area (Å²) < 4.78 is 13.9. The maximum absolute atomic E-state index is 13.9. The van der Waals surface area contributed by atoms with Gasteiger partial charge in [0.2, 0.25) is 0 Å². The highest BCUT2D eigenvalue weighted by molar-refractivity contribution is 5.92. The number of piperazine rings is 1. The molecule has 3 heterocycles. The van der Waals surface area contributed by atoms with E-state index in [0.29, 0.717) is 37.6 Å². The molecule has 0 saturated carbocycles. The summed E-state index contributed by atoms with van der Waals surface area (Å²) in [5.41, 5.74) is 0.960. The molecule has 0 spiro atoms. The maximum atomic E-state index is 13.9. The molecule has 0 radical (unpaired) electrons. The predicted molar refractivity (Wildman–Crippen MR) is 98.0 cm³/mol. The van der Waals surface area contributed by atoms with E-state index in [4.69, 9.17) is 0 Å². The fourth-order valence-corrected chi connectivity index (χ4v) is 3.57. The first-order chi connectivity index (χ1) is 12.7. The number of hydrogen-bond acceptors (Lipinski definition) is 5. The molecule has 2 saturated heterocycles. The number of amides is 1. The van der Waals surface area contributed by atoms with Crippen LogP contribution in [0.5, 0.6) is 0 Å². The Balaban J connectivity index is 1.38. The van der Waals surface area contributed by atoms with Crippen LogP contribution in [0.4, 0.5) is 15.9 Å². The van der Waals surface area contributed by atoms with Crippen molar-refractivity contribution in [2.24, 2.45) is 0 Å². The molecule has 2 aliphatic rings. The molecule has 1 aromatic carbocycles. The van der Waals surface area contributed by atoms with Gasteiger partial charge in [-0.2, -0.15) is 0 Å². The molecule has 2 aromatic rings. The Bertz CT molecular complexity index is 768. The fraction of sp³-hybridized carbons (Fsp3) is 0.421. The molecule has 0 atom stereocenters. The quantitative estimate of drug-likeness (QED) is 0.845. The van der Waals surface area contributed by atoms with Gasteiger partial charge in [-0.3, -0.25) is 4.79 Å². The van der Waals surface area contributed by atoms with Gasteiger partial charge < -0.3 is 14.7 Å². The predicted octanol–water partition coefficient (Wildman–Crippen LogP) is 2.18. The van der Waals surface area contributed by atoms with Crippen molar-refractivity contribution < 1.29 is 9.18 Å². The number of halogens is 1. The third-order valence-corrected chi connectivity index (χ3v) is 5.06. The first-order valence-corrected chi connectivity index (χ1v) is 9.10. The SMILES string of the molecule is O=C(c1ccc(N2CCCC2)nn1)N1CCN(c2ccccc2F)CC1. The van der Waals surface area contributed by atoms with Crippen molar-refractivity contribution in [3.63, 3.8) is 0 Å². The molecule has 4 rings (SSSR count). The van der Waals surface area contributed by atoms with Crippen LogP contribution in [-0.4, -0.2) is 60.3 Å². The lowest BCUT2D eigenvalue weighted by Crippen LogP contribution is -2.49. The average molecular weight is 355 g/mol. The molecule has 7 heteroatoms. The highest BCUT2D eigenvalue weighted by atomic mass is 19.1. The average Bonchev–Trinajstić information content (AvgIpc) is 3.23. The summed E-state index contributed by atoms with van der Waals surface area (Å²) in [7, 11) is 0. The minimum Gasteiger partial charge on any atom is -0.366 e. The summed E-state index contributed by atoms with van der Waals surface area (Å²) in [6.07, 6.45) is 2.35. The van der Waals surface area contributed by atoms with Crippen LogP contribution >= 0.6 is 0 Å². The van der Waals surface area contributed by atoms with Gasteiger partial charge in [-0.15, -0.1) is 10.2 Å². The second-order valence-corrected chi connectivity index (χ2v) is 6.70. The molecule has 0 aliphatic carbocycles. The molecule has 26 heavy (non-hydrogen) atoms. The topological polar surface area (TPSA) is 52.6 Å². The van der Waals surface area contributed by atoms with E-state index in [9.17, 15) is 9.18 Å². The Morgan fingerprint density at radius 1 is 0.846 bits per heavy atom. The summed E-state index contributed by atoms with van der Waals surface area (Å²) in [6.45, 7) is 4.29. The number of nitrogens with zero attached hydrogens (tertiary/aromatic N) is 5. The second kappa shape index (κ2) is 7.27. The van der Waals surface area contributed by atoms with Gasteiger partial charge in [0.25, 0.3) is 5.91 Å². The van der Waals surface area contributed by atoms with Gasteiger partial charge in [-0.1, -0.05) is 12.1 Å². The lowest BCUT2D eigenvalue weighted by atomic mass is 10.2. The number of aromatic nitrogens is 2. The zero-order valence-electron chi connectivity index (χ0n) is 14.6. The van der Waals surface area contributed by atoms with Gasteiger partial charge in [0.15, 0.2) is 11.5 Å². The molecule has 0 unspecified atom stereocenters. The highest BCUT2D eigenvalue weighted by Gasteiger charge is 2.25. The number of benzene rings is 1. The van der Waals surface area contributed by atoms with Gasteiger partial charge in [0.1, 0.15) is 5.82 Å². The fourth-order valence-electron chi connectivity index (χ4n) is 3.57. The number of hydrogen-bond donors (Lipinski definition) is 0. The number of carbonyl (C=O) groups is 1. The molecule has 1 amide bonds. The van der Waals surface area contributed by atoms with Gasteiger partial charge >= 0.3 is 0 Å². The summed E-state index contributed by atoms with van der Waals surface area (Å²) in [4.78, 5) is 18.6. The van der Waals surface area contributed by atoms with Gasteiger partial charge in [-0.25, -0.2) is 4.39 Å². The van der Waals surface area contributed by atoms with Crippen LogP contribution in [0.25, 0.3) is 0 Å². The Kier molecular flexibility index (Phi) is 4.69. The zero-order chi connectivity index (χ0) is 17.9. The normalized spacial score (nSPS) is 17.7. The second-order valence-electron chi connectivity index (χ2n) is 6.70. The van der Waals surface area contributed by atoms with E-state index in [1.54, 1.807) is 23.1 Å². The zero-order valence-corrected chi connectivity index (χ0v) is 14.6. The molecule has 0 N–H and O–H groups in total. The van der Waals surface area contributed by atoms with Crippen molar-refractivity contribution in [3.05, 3.63) is 47.9 Å². The number of rotatable bonds is 3. The maximum Gasteiger partial charge on any atom is 0.274 e. The van der Waals surface area contributed by atoms with Crippen molar-refractivity contribution in [1.29, 1.82) is 0 Å². The first kappa shape index (κ1) is 16.8. The number of para-hydroxylation sites is 1. The largest absolute Gasteiger partial charge is 0.366 e. The van der Waals surface area contributed by atoms with Gasteiger partial charge in [0.05, 0.1) is 5.69 Å². The minimum atomic E-state index is -0.226. The van der Waals surface area contributed by atoms with Gasteiger partial charge in [-0.05, 0) is 37.1 Å². The van der Waals surface area contributed by atoms with Crippen LogP contribution in [0.3, 0.4) is 0 Å². The monoisotopic (exact) mass is 355 g/mol. The Hall–Kier alpha value is -2.70. The van der Waals surface area contributed by atoms with Crippen LogP contribution in [0.2, 0.25) is 0 Å². The van der Waals surface area contributed by atoms with Gasteiger partial charge in [0, 0.05) is 39.3 Å². The van der Waals surface area contributed by atoms with E-state index in [1.165, 1.54) is 18.9 Å². The summed E-state index contributed by atoms with van der Waals surface area (Å²) in [5, 5.41) is 8.35. The lowest BCUT2D eigenvalue weighted by Gasteiger charge is -2.36. The third kappa shape index (κ3) is 3.34. The Morgan fingerprint density at radius 3 is 2.23 bits per heavy atom. The molecule has 0 bridgehead atoms. The van der Waals surface area contributed by atoms with Crippen LogP contribution < -0.4 is 9.80 Å². The van der Waals surface area contributed by atoms with E-state index in [-0.39, 0.29) is 11.7 Å². The lowest BCUT2D eigenvalue weighted by molar-refractivity contribution is 0.0739. The molecular formula is C19H22FN5O. The van der Waals surface area contributed by atoms with Crippen molar-refractivity contribution in [3.8, 4) is 0 Å². The third-order valence-electron chi connectivity index (χ3n) is 5.06. The highest BCUT2D eigenvalue weighted by Crippen LogP contribution is 2.21. The smallest absolute Gasteiger partial charge is 0.274 e. The van der Waals surface area contributed by atoms with Crippen LogP contribution in [0.15, 0.2) is 36.4 Å². The van der Waals surface area contributed by atoms with Crippen molar-refractivity contribution in [2.75, 3.05) is 49.1 Å². The van der Waals surface area contributed by atoms with E-state index < -0.39 is 0 Å². The van der Waals surface area contributed by atoms with E-state index in [1.807, 2.05) is 17.0 Å². The molecule has 2 fully saturated rings. The van der Waals surface area contributed by atoms with Crippen LogP contribution in [0, 0.1) is 5.82 Å². The number of carbonyl (C=O) groups excluding carboxylic acids is 1. The van der Waals surface area contributed by atoms with Crippen molar-refractivity contribution >= 4 is 17.4 Å². The first-order valence-electron chi connectivity index (χ1n) is 9.10. The number of anilines is 2. The molecular weight excluding hydrogens is 333 g/mol. The summed E-state index contributed by atoms with van der Waals surface area (Å²) in [5.74, 6) is 0.498. The molecule has 2 aliphatic heterocycles. The minimum absolute atomic E-state index is 0.112. The Labute approximate surface area is 152 Å². The van der Waals surface area contributed by atoms with E-state index in [0.717, 1.165) is 18.9 Å². The van der Waals surface area contributed by atoms with E-state index in [2.05, 4.69) is 15.1 Å². The van der Waals surface area contributed by atoms with Crippen LogP contribution in [0.1, 0.15) is 23.3 Å². The summed E-state index contributed by atoms with van der Waals surface area (Å²) in [6, 6.07) is 10.4.